The highest BCUT2D eigenvalue weighted by Crippen LogP contribution is 2.16. The molecule has 3 aromatic rings. The largest absolute Gasteiger partial charge is 0.326 e. The molecular weight excluding hydrogens is 429 g/mol. The third-order valence-electron chi connectivity index (χ3n) is 5.22. The van der Waals surface area contributed by atoms with Gasteiger partial charge in [-0.15, -0.1) is 0 Å². The number of guanidine groups is 1. The summed E-state index contributed by atoms with van der Waals surface area (Å²) in [6, 6.07) is 11.5. The molecule has 0 radical (unpaired) electrons. The number of hydrogen-bond donors (Lipinski definition) is 2. The van der Waals surface area contributed by atoms with E-state index in [9.17, 15) is 9.18 Å². The summed E-state index contributed by atoms with van der Waals surface area (Å²) in [5.41, 5.74) is 4.60. The lowest BCUT2D eigenvalue weighted by Gasteiger charge is -2.13. The maximum atomic E-state index is 13.9. The molecule has 2 N–H and O–H groups in total. The van der Waals surface area contributed by atoms with Crippen LogP contribution in [-0.2, 0) is 13.0 Å². The Morgan fingerprint density at radius 2 is 1.97 bits per heavy atom. The molecule has 32 heavy (non-hydrogen) atoms. The average Bonchev–Trinajstić information content (AvgIpc) is 3.03. The number of hydrogen-bond acceptors (Lipinski definition) is 3. The van der Waals surface area contributed by atoms with Crippen molar-refractivity contribution in [3.8, 4) is 0 Å². The van der Waals surface area contributed by atoms with E-state index >= 15 is 0 Å². The van der Waals surface area contributed by atoms with Gasteiger partial charge in [-0.2, -0.15) is 5.10 Å². The van der Waals surface area contributed by atoms with Gasteiger partial charge in [-0.05, 0) is 75.6 Å². The van der Waals surface area contributed by atoms with Gasteiger partial charge >= 0.3 is 0 Å². The number of amides is 1. The average molecular weight is 456 g/mol. The van der Waals surface area contributed by atoms with Crippen molar-refractivity contribution in [1.29, 1.82) is 0 Å². The Balaban J connectivity index is 1.80. The molecule has 0 bridgehead atoms. The number of benzene rings is 2. The van der Waals surface area contributed by atoms with Crippen LogP contribution in [0.5, 0.6) is 0 Å². The fourth-order valence-electron chi connectivity index (χ4n) is 3.41. The molecule has 8 heteroatoms. The molecule has 0 unspecified atom stereocenters. The van der Waals surface area contributed by atoms with Crippen LogP contribution in [0.3, 0.4) is 0 Å². The van der Waals surface area contributed by atoms with E-state index < -0.39 is 11.7 Å². The summed E-state index contributed by atoms with van der Waals surface area (Å²) in [6.07, 6.45) is 0.674. The Hall–Kier alpha value is -3.19. The minimum absolute atomic E-state index is 0.213. The molecule has 0 atom stereocenters. The third kappa shape index (κ3) is 5.73. The number of aromatic nitrogens is 2. The number of anilines is 1. The zero-order chi connectivity index (χ0) is 23.3. The van der Waals surface area contributed by atoms with Crippen LogP contribution in [0, 0.1) is 26.6 Å². The van der Waals surface area contributed by atoms with Crippen LogP contribution < -0.4 is 10.6 Å². The number of halogens is 2. The van der Waals surface area contributed by atoms with E-state index in [1.165, 1.54) is 6.07 Å². The number of carbonyl (C=O) groups excluding carboxylic acids is 1. The summed E-state index contributed by atoms with van der Waals surface area (Å²) in [5, 5.41) is 10.9. The van der Waals surface area contributed by atoms with Gasteiger partial charge in [-0.3, -0.25) is 19.8 Å². The predicted octanol–water partition coefficient (Wildman–Crippen LogP) is 5.06. The SMILES string of the molecule is CCn1nc(C)c(CCN=C(NC(=O)c2ccc(C)c(F)c2)Nc2cccc(Cl)c2)c1C. The van der Waals surface area contributed by atoms with Crippen molar-refractivity contribution in [2.45, 2.75) is 40.7 Å². The zero-order valence-electron chi connectivity index (χ0n) is 18.7. The number of carbonyl (C=O) groups is 1. The van der Waals surface area contributed by atoms with Crippen molar-refractivity contribution >= 4 is 29.2 Å². The number of aliphatic imine (C=N–C) groups is 1. The summed E-state index contributed by atoms with van der Waals surface area (Å²) in [4.78, 5) is 17.3. The highest BCUT2D eigenvalue weighted by atomic mass is 35.5. The van der Waals surface area contributed by atoms with Crippen molar-refractivity contribution in [3.05, 3.63) is 81.4 Å². The Morgan fingerprint density at radius 1 is 1.19 bits per heavy atom. The minimum Gasteiger partial charge on any atom is -0.326 e. The summed E-state index contributed by atoms with van der Waals surface area (Å²) in [6.45, 7) is 8.97. The molecule has 6 nitrogen and oxygen atoms in total. The lowest BCUT2D eigenvalue weighted by molar-refractivity contribution is 0.0976. The van der Waals surface area contributed by atoms with E-state index in [1.54, 1.807) is 37.3 Å². The van der Waals surface area contributed by atoms with Crippen molar-refractivity contribution in [3.63, 3.8) is 0 Å². The summed E-state index contributed by atoms with van der Waals surface area (Å²) in [7, 11) is 0. The fraction of sp³-hybridized carbons (Fsp3) is 0.292. The van der Waals surface area contributed by atoms with E-state index in [0.29, 0.717) is 29.2 Å². The molecule has 0 aliphatic heterocycles. The van der Waals surface area contributed by atoms with E-state index in [4.69, 9.17) is 11.6 Å². The Labute approximate surface area is 192 Å². The highest BCUT2D eigenvalue weighted by molar-refractivity contribution is 6.31. The zero-order valence-corrected chi connectivity index (χ0v) is 19.4. The van der Waals surface area contributed by atoms with Crippen LogP contribution in [0.1, 0.15) is 39.8 Å². The van der Waals surface area contributed by atoms with E-state index in [2.05, 4.69) is 27.6 Å². The molecule has 0 saturated carbocycles. The summed E-state index contributed by atoms with van der Waals surface area (Å²) in [5.74, 6) is -0.627. The highest BCUT2D eigenvalue weighted by Gasteiger charge is 2.13. The van der Waals surface area contributed by atoms with Crippen molar-refractivity contribution in [2.75, 3.05) is 11.9 Å². The van der Waals surface area contributed by atoms with Gasteiger partial charge in [0.1, 0.15) is 5.82 Å². The fourth-order valence-corrected chi connectivity index (χ4v) is 3.60. The molecule has 3 rings (SSSR count). The topological polar surface area (TPSA) is 71.3 Å². The monoisotopic (exact) mass is 455 g/mol. The lowest BCUT2D eigenvalue weighted by atomic mass is 10.1. The standard InChI is InChI=1S/C24H27ClFN5O/c1-5-31-17(4)21(16(3)30-31)11-12-27-24(28-20-8-6-7-19(25)14-20)29-23(32)18-10-9-15(2)22(26)13-18/h6-10,13-14H,5,11-12H2,1-4H3,(H2,27,28,29,32). The maximum Gasteiger partial charge on any atom is 0.258 e. The third-order valence-corrected chi connectivity index (χ3v) is 5.45. The Bertz CT molecular complexity index is 1160. The Kier molecular flexibility index (Phi) is 7.64. The van der Waals surface area contributed by atoms with Gasteiger partial charge in [0.15, 0.2) is 0 Å². The van der Waals surface area contributed by atoms with Crippen LogP contribution in [-0.4, -0.2) is 28.2 Å². The van der Waals surface area contributed by atoms with Crippen molar-refractivity contribution < 1.29 is 9.18 Å². The van der Waals surface area contributed by atoms with Crippen LogP contribution in [0.15, 0.2) is 47.5 Å². The van der Waals surface area contributed by atoms with E-state index in [0.717, 1.165) is 23.5 Å². The summed E-state index contributed by atoms with van der Waals surface area (Å²) >= 11 is 6.08. The van der Waals surface area contributed by atoms with E-state index in [-0.39, 0.29) is 11.5 Å². The van der Waals surface area contributed by atoms with Crippen LogP contribution in [0.2, 0.25) is 5.02 Å². The number of nitrogens with zero attached hydrogens (tertiary/aromatic N) is 3. The van der Waals surface area contributed by atoms with Gasteiger partial charge in [0.2, 0.25) is 5.96 Å². The van der Waals surface area contributed by atoms with Gasteiger partial charge in [0, 0.05) is 35.1 Å². The second-order valence-corrected chi connectivity index (χ2v) is 7.94. The predicted molar refractivity (Wildman–Crippen MR) is 127 cm³/mol. The molecule has 2 aromatic carbocycles. The normalized spacial score (nSPS) is 11.5. The molecule has 0 spiro atoms. The quantitative estimate of drug-likeness (QED) is 0.403. The second kappa shape index (κ2) is 10.4. The molecule has 0 aliphatic carbocycles. The van der Waals surface area contributed by atoms with Crippen molar-refractivity contribution in [2.24, 2.45) is 4.99 Å². The van der Waals surface area contributed by atoms with Gasteiger partial charge in [0.25, 0.3) is 5.91 Å². The molecule has 0 aliphatic rings. The van der Waals surface area contributed by atoms with Crippen LogP contribution in [0.25, 0.3) is 0 Å². The van der Waals surface area contributed by atoms with Gasteiger partial charge < -0.3 is 5.32 Å². The Morgan fingerprint density at radius 3 is 2.62 bits per heavy atom. The molecule has 168 valence electrons. The first kappa shape index (κ1) is 23.5. The van der Waals surface area contributed by atoms with Gasteiger partial charge in [0.05, 0.1) is 5.69 Å². The minimum atomic E-state index is -0.455. The second-order valence-electron chi connectivity index (χ2n) is 7.50. The first-order valence-corrected chi connectivity index (χ1v) is 10.8. The number of nitrogens with one attached hydrogen (secondary N) is 2. The van der Waals surface area contributed by atoms with Gasteiger partial charge in [-0.1, -0.05) is 23.7 Å². The van der Waals surface area contributed by atoms with Crippen LogP contribution in [0.4, 0.5) is 10.1 Å². The number of aryl methyl sites for hydroxylation is 3. The molecule has 1 amide bonds. The molecule has 0 saturated heterocycles. The first-order valence-electron chi connectivity index (χ1n) is 10.5. The maximum absolute atomic E-state index is 13.9. The van der Waals surface area contributed by atoms with Crippen molar-refractivity contribution in [1.82, 2.24) is 15.1 Å². The molecular formula is C24H27ClFN5O. The summed E-state index contributed by atoms with van der Waals surface area (Å²) < 4.78 is 15.9. The van der Waals surface area contributed by atoms with Gasteiger partial charge in [-0.25, -0.2) is 4.39 Å². The smallest absolute Gasteiger partial charge is 0.258 e. The first-order chi connectivity index (χ1) is 15.3. The molecule has 1 heterocycles. The number of rotatable bonds is 6. The van der Waals surface area contributed by atoms with E-state index in [1.807, 2.05) is 24.6 Å². The van der Waals surface area contributed by atoms with Crippen LogP contribution >= 0.6 is 11.6 Å². The molecule has 0 fully saturated rings. The lowest BCUT2D eigenvalue weighted by Crippen LogP contribution is -2.36. The molecule has 1 aromatic heterocycles.